The number of halogens is 1. The van der Waals surface area contributed by atoms with Crippen molar-refractivity contribution in [3.63, 3.8) is 0 Å². The van der Waals surface area contributed by atoms with Crippen molar-refractivity contribution in [2.24, 2.45) is 5.92 Å². The van der Waals surface area contributed by atoms with Gasteiger partial charge in [-0.1, -0.05) is 6.92 Å². The summed E-state index contributed by atoms with van der Waals surface area (Å²) in [5.74, 6) is 2.87. The minimum atomic E-state index is 0.551. The summed E-state index contributed by atoms with van der Waals surface area (Å²) in [5.41, 5.74) is 0. The Balaban J connectivity index is 2.54. The van der Waals surface area contributed by atoms with Crippen LogP contribution in [0.5, 0.6) is 5.88 Å². The van der Waals surface area contributed by atoms with Crippen LogP contribution < -0.4 is 10.1 Å². The molecule has 1 atom stereocenters. The highest BCUT2D eigenvalue weighted by Gasteiger charge is 2.06. The molecule has 0 amide bonds. The van der Waals surface area contributed by atoms with Crippen molar-refractivity contribution in [1.29, 1.82) is 0 Å². The molecule has 0 aliphatic carbocycles. The molecule has 1 heterocycles. The van der Waals surface area contributed by atoms with Crippen molar-refractivity contribution < 1.29 is 4.74 Å². The molecule has 0 fully saturated rings. The first kappa shape index (κ1) is 13.6. The van der Waals surface area contributed by atoms with Gasteiger partial charge in [0.1, 0.15) is 0 Å². The molecule has 0 aliphatic rings. The lowest BCUT2D eigenvalue weighted by atomic mass is 10.2. The number of aromatic nitrogens is 2. The smallest absolute Gasteiger partial charge is 0.232 e. The first-order valence-electron chi connectivity index (χ1n) is 4.96. The van der Waals surface area contributed by atoms with Crippen molar-refractivity contribution in [3.8, 4) is 5.88 Å². The van der Waals surface area contributed by atoms with Gasteiger partial charge in [0.15, 0.2) is 0 Å². The zero-order valence-electron chi connectivity index (χ0n) is 9.66. The molecule has 0 bridgehead atoms. The van der Waals surface area contributed by atoms with E-state index in [0.717, 1.165) is 16.8 Å². The van der Waals surface area contributed by atoms with Crippen LogP contribution in [-0.4, -0.2) is 35.6 Å². The highest BCUT2D eigenvalue weighted by molar-refractivity contribution is 9.10. The normalized spacial score (nSPS) is 12.2. The molecule has 0 aromatic carbocycles. The van der Waals surface area contributed by atoms with E-state index in [0.29, 0.717) is 17.7 Å². The van der Waals surface area contributed by atoms with Crippen LogP contribution in [-0.2, 0) is 0 Å². The molecule has 1 rings (SSSR count). The standard InChI is InChI=1S/C10H16BrN3OS/c1-7(6-16-3)4-12-10-13-5-8(11)9(14-10)15-2/h5,7H,4,6H2,1-3H3,(H,12,13,14). The lowest BCUT2D eigenvalue weighted by molar-refractivity contribution is 0.394. The van der Waals surface area contributed by atoms with Crippen LogP contribution in [0.25, 0.3) is 0 Å². The maximum atomic E-state index is 5.10. The first-order chi connectivity index (χ1) is 7.67. The fourth-order valence-corrected chi connectivity index (χ4v) is 2.23. The zero-order chi connectivity index (χ0) is 12.0. The third-order valence-corrected chi connectivity index (χ3v) is 3.41. The average Bonchev–Trinajstić information content (AvgIpc) is 2.28. The summed E-state index contributed by atoms with van der Waals surface area (Å²) < 4.78 is 5.86. The van der Waals surface area contributed by atoms with Crippen LogP contribution in [0.15, 0.2) is 10.7 Å². The molecular formula is C10H16BrN3OS. The Labute approximate surface area is 109 Å². The highest BCUT2D eigenvalue weighted by atomic mass is 79.9. The molecule has 16 heavy (non-hydrogen) atoms. The molecule has 4 nitrogen and oxygen atoms in total. The van der Waals surface area contributed by atoms with Crippen molar-refractivity contribution in [2.75, 3.05) is 31.0 Å². The number of thioether (sulfide) groups is 1. The topological polar surface area (TPSA) is 47.0 Å². The van der Waals surface area contributed by atoms with Crippen LogP contribution in [0.1, 0.15) is 6.92 Å². The van der Waals surface area contributed by atoms with Crippen LogP contribution in [0.3, 0.4) is 0 Å². The van der Waals surface area contributed by atoms with Crippen LogP contribution >= 0.6 is 27.7 Å². The fourth-order valence-electron chi connectivity index (χ4n) is 1.19. The molecular weight excluding hydrogens is 290 g/mol. The Morgan fingerprint density at radius 2 is 2.38 bits per heavy atom. The maximum absolute atomic E-state index is 5.10. The summed E-state index contributed by atoms with van der Waals surface area (Å²) in [4.78, 5) is 8.39. The Morgan fingerprint density at radius 1 is 1.62 bits per heavy atom. The summed E-state index contributed by atoms with van der Waals surface area (Å²) in [6, 6.07) is 0. The molecule has 1 N–H and O–H groups in total. The second kappa shape index (κ2) is 6.96. The Hall–Kier alpha value is -0.490. The van der Waals surface area contributed by atoms with E-state index < -0.39 is 0 Å². The van der Waals surface area contributed by atoms with Gasteiger partial charge in [0.25, 0.3) is 0 Å². The van der Waals surface area contributed by atoms with Gasteiger partial charge in [0.05, 0.1) is 17.8 Å². The third kappa shape index (κ3) is 4.17. The van der Waals surface area contributed by atoms with E-state index >= 15 is 0 Å². The van der Waals surface area contributed by atoms with Gasteiger partial charge < -0.3 is 10.1 Å². The Bertz CT molecular complexity index is 338. The SMILES string of the molecule is COc1nc(NCC(C)CSC)ncc1Br. The van der Waals surface area contributed by atoms with Gasteiger partial charge >= 0.3 is 0 Å². The van der Waals surface area contributed by atoms with E-state index in [4.69, 9.17) is 4.74 Å². The van der Waals surface area contributed by atoms with Crippen molar-refractivity contribution in [2.45, 2.75) is 6.92 Å². The lowest BCUT2D eigenvalue weighted by Gasteiger charge is -2.11. The summed E-state index contributed by atoms with van der Waals surface area (Å²) >= 11 is 5.16. The summed E-state index contributed by atoms with van der Waals surface area (Å²) in [5, 5.41) is 3.19. The predicted octanol–water partition coefficient (Wildman–Crippen LogP) is 2.66. The van der Waals surface area contributed by atoms with Crippen LogP contribution in [0.4, 0.5) is 5.95 Å². The molecule has 0 saturated heterocycles. The van der Waals surface area contributed by atoms with Gasteiger partial charge in [0, 0.05) is 6.54 Å². The summed E-state index contributed by atoms with van der Waals surface area (Å²) in [6.07, 6.45) is 3.79. The molecule has 1 unspecified atom stereocenters. The van der Waals surface area contributed by atoms with E-state index in [2.05, 4.69) is 44.4 Å². The molecule has 1 aromatic rings. The van der Waals surface area contributed by atoms with E-state index in [1.807, 2.05) is 11.8 Å². The highest BCUT2D eigenvalue weighted by Crippen LogP contribution is 2.21. The van der Waals surface area contributed by atoms with E-state index in [1.165, 1.54) is 0 Å². The summed E-state index contributed by atoms with van der Waals surface area (Å²) in [6.45, 7) is 3.06. The number of ether oxygens (including phenoxy) is 1. The number of anilines is 1. The van der Waals surface area contributed by atoms with Crippen LogP contribution in [0.2, 0.25) is 0 Å². The average molecular weight is 306 g/mol. The van der Waals surface area contributed by atoms with Crippen molar-refractivity contribution in [3.05, 3.63) is 10.7 Å². The predicted molar refractivity (Wildman–Crippen MR) is 72.3 cm³/mol. The lowest BCUT2D eigenvalue weighted by Crippen LogP contribution is -2.15. The minimum absolute atomic E-state index is 0.551. The molecule has 1 aromatic heterocycles. The van der Waals surface area contributed by atoms with E-state index in [-0.39, 0.29) is 0 Å². The van der Waals surface area contributed by atoms with Crippen LogP contribution in [0, 0.1) is 5.92 Å². The number of nitrogens with zero attached hydrogens (tertiary/aromatic N) is 2. The van der Waals surface area contributed by atoms with Gasteiger partial charge in [0.2, 0.25) is 11.8 Å². The summed E-state index contributed by atoms with van der Waals surface area (Å²) in [7, 11) is 1.59. The fraction of sp³-hybridized carbons (Fsp3) is 0.600. The Kier molecular flexibility index (Phi) is 5.90. The first-order valence-corrected chi connectivity index (χ1v) is 7.15. The molecule has 0 spiro atoms. The van der Waals surface area contributed by atoms with Crippen molar-refractivity contribution in [1.82, 2.24) is 9.97 Å². The second-order valence-electron chi connectivity index (χ2n) is 3.49. The largest absolute Gasteiger partial charge is 0.480 e. The molecule has 0 saturated carbocycles. The van der Waals surface area contributed by atoms with Gasteiger partial charge in [-0.25, -0.2) is 4.98 Å². The van der Waals surface area contributed by atoms with Crippen molar-refractivity contribution >= 4 is 33.6 Å². The molecule has 0 aliphatic heterocycles. The number of hydrogen-bond donors (Lipinski definition) is 1. The van der Waals surface area contributed by atoms with E-state index in [9.17, 15) is 0 Å². The maximum Gasteiger partial charge on any atom is 0.232 e. The molecule has 6 heteroatoms. The van der Waals surface area contributed by atoms with E-state index in [1.54, 1.807) is 13.3 Å². The number of methoxy groups -OCH3 is 1. The molecule has 0 radical (unpaired) electrons. The second-order valence-corrected chi connectivity index (χ2v) is 5.26. The quantitative estimate of drug-likeness (QED) is 0.875. The Morgan fingerprint density at radius 3 is 3.00 bits per heavy atom. The van der Waals surface area contributed by atoms with Gasteiger partial charge in [-0.05, 0) is 33.9 Å². The molecule has 90 valence electrons. The number of rotatable bonds is 6. The number of nitrogens with one attached hydrogen (secondary N) is 1. The monoisotopic (exact) mass is 305 g/mol. The van der Waals surface area contributed by atoms with Gasteiger partial charge in [-0.2, -0.15) is 16.7 Å². The third-order valence-electron chi connectivity index (χ3n) is 1.97. The van der Waals surface area contributed by atoms with Gasteiger partial charge in [-0.15, -0.1) is 0 Å². The minimum Gasteiger partial charge on any atom is -0.480 e. The van der Waals surface area contributed by atoms with Gasteiger partial charge in [-0.3, -0.25) is 0 Å². The zero-order valence-corrected chi connectivity index (χ0v) is 12.1. The number of hydrogen-bond acceptors (Lipinski definition) is 5.